The van der Waals surface area contributed by atoms with Crippen molar-refractivity contribution in [3.8, 4) is 0 Å². The van der Waals surface area contributed by atoms with Gasteiger partial charge in [0.25, 0.3) is 0 Å². The van der Waals surface area contributed by atoms with E-state index >= 15 is 0 Å². The summed E-state index contributed by atoms with van der Waals surface area (Å²) in [6.45, 7) is 2.26. The molecule has 0 saturated carbocycles. The van der Waals surface area contributed by atoms with Gasteiger partial charge in [0, 0.05) is 30.9 Å². The van der Waals surface area contributed by atoms with Gasteiger partial charge in [0.05, 0.1) is 12.5 Å². The molecule has 0 radical (unpaired) electrons. The Morgan fingerprint density at radius 3 is 2.76 bits per heavy atom. The van der Waals surface area contributed by atoms with Gasteiger partial charge in [-0.3, -0.25) is 4.79 Å². The van der Waals surface area contributed by atoms with E-state index in [1.54, 1.807) is 24.8 Å². The molecule has 0 fully saturated rings. The Morgan fingerprint density at radius 1 is 1.41 bits per heavy atom. The fraction of sp³-hybridized carbons (Fsp3) is 0.231. The lowest BCUT2D eigenvalue weighted by Gasteiger charge is -2.17. The SMILES string of the molecule is CC(=O)c1ccc(N(C)Cc2ccoc2)nc1. The van der Waals surface area contributed by atoms with Crippen LogP contribution in [-0.2, 0) is 6.54 Å². The third-order valence-corrected chi connectivity index (χ3v) is 2.55. The van der Waals surface area contributed by atoms with Gasteiger partial charge in [-0.25, -0.2) is 4.98 Å². The van der Waals surface area contributed by atoms with E-state index in [-0.39, 0.29) is 5.78 Å². The van der Waals surface area contributed by atoms with Crippen molar-refractivity contribution in [2.75, 3.05) is 11.9 Å². The molecule has 0 bridgehead atoms. The highest BCUT2D eigenvalue weighted by molar-refractivity contribution is 5.93. The molecule has 0 amide bonds. The van der Waals surface area contributed by atoms with E-state index < -0.39 is 0 Å². The van der Waals surface area contributed by atoms with E-state index in [0.717, 1.165) is 17.9 Å². The number of carbonyl (C=O) groups is 1. The summed E-state index contributed by atoms with van der Waals surface area (Å²) in [5.74, 6) is 0.859. The molecule has 0 saturated heterocycles. The van der Waals surface area contributed by atoms with Gasteiger partial charge in [0.2, 0.25) is 0 Å². The number of hydrogen-bond acceptors (Lipinski definition) is 4. The Labute approximate surface area is 99.9 Å². The summed E-state index contributed by atoms with van der Waals surface area (Å²) >= 11 is 0. The van der Waals surface area contributed by atoms with Gasteiger partial charge in [0.15, 0.2) is 5.78 Å². The van der Waals surface area contributed by atoms with Crippen molar-refractivity contribution in [3.05, 3.63) is 48.0 Å². The van der Waals surface area contributed by atoms with Crippen LogP contribution >= 0.6 is 0 Å². The van der Waals surface area contributed by atoms with Crippen LogP contribution in [0.1, 0.15) is 22.8 Å². The van der Waals surface area contributed by atoms with Crippen LogP contribution in [0.15, 0.2) is 41.3 Å². The Bertz CT molecular complexity index is 489. The van der Waals surface area contributed by atoms with E-state index in [4.69, 9.17) is 4.42 Å². The molecule has 2 rings (SSSR count). The Kier molecular flexibility index (Phi) is 3.23. The van der Waals surface area contributed by atoms with E-state index in [1.165, 1.54) is 6.92 Å². The van der Waals surface area contributed by atoms with Gasteiger partial charge in [-0.2, -0.15) is 0 Å². The number of pyridine rings is 1. The van der Waals surface area contributed by atoms with E-state index in [1.807, 2.05) is 24.1 Å². The summed E-state index contributed by atoms with van der Waals surface area (Å²) in [7, 11) is 1.95. The predicted octanol–water partition coefficient (Wildman–Crippen LogP) is 2.51. The van der Waals surface area contributed by atoms with Gasteiger partial charge in [0.1, 0.15) is 5.82 Å². The van der Waals surface area contributed by atoms with Gasteiger partial charge < -0.3 is 9.32 Å². The molecule has 2 aromatic heterocycles. The minimum atomic E-state index is 0.0292. The summed E-state index contributed by atoms with van der Waals surface area (Å²) in [6.07, 6.45) is 4.96. The predicted molar refractivity (Wildman–Crippen MR) is 65.1 cm³/mol. The van der Waals surface area contributed by atoms with E-state index in [2.05, 4.69) is 4.98 Å². The first kappa shape index (κ1) is 11.4. The molecule has 17 heavy (non-hydrogen) atoms. The lowest BCUT2D eigenvalue weighted by molar-refractivity contribution is 0.101. The molecule has 88 valence electrons. The number of rotatable bonds is 4. The monoisotopic (exact) mass is 230 g/mol. The molecule has 0 aliphatic rings. The normalized spacial score (nSPS) is 10.2. The topological polar surface area (TPSA) is 46.3 Å². The van der Waals surface area contributed by atoms with Crippen LogP contribution in [0.5, 0.6) is 0 Å². The zero-order valence-corrected chi connectivity index (χ0v) is 9.88. The number of aromatic nitrogens is 1. The van der Waals surface area contributed by atoms with Crippen molar-refractivity contribution in [2.24, 2.45) is 0 Å². The summed E-state index contributed by atoms with van der Waals surface area (Å²) < 4.78 is 5.01. The summed E-state index contributed by atoms with van der Waals surface area (Å²) in [5.41, 5.74) is 1.72. The molecule has 2 aromatic rings. The third-order valence-electron chi connectivity index (χ3n) is 2.55. The lowest BCUT2D eigenvalue weighted by atomic mass is 10.2. The minimum absolute atomic E-state index is 0.0292. The summed E-state index contributed by atoms with van der Waals surface area (Å²) in [4.78, 5) is 17.4. The van der Waals surface area contributed by atoms with Crippen molar-refractivity contribution in [1.29, 1.82) is 0 Å². The maximum absolute atomic E-state index is 11.1. The maximum Gasteiger partial charge on any atom is 0.161 e. The first-order valence-electron chi connectivity index (χ1n) is 5.36. The average Bonchev–Trinajstić information content (AvgIpc) is 2.82. The lowest BCUT2D eigenvalue weighted by Crippen LogP contribution is -2.17. The second-order valence-corrected chi connectivity index (χ2v) is 3.95. The maximum atomic E-state index is 11.1. The van der Waals surface area contributed by atoms with Crippen molar-refractivity contribution in [3.63, 3.8) is 0 Å². The van der Waals surface area contributed by atoms with E-state index in [0.29, 0.717) is 5.56 Å². The Hall–Kier alpha value is -2.10. The molecular formula is C13H14N2O2. The van der Waals surface area contributed by atoms with Crippen LogP contribution in [0.2, 0.25) is 0 Å². The number of ketones is 1. The minimum Gasteiger partial charge on any atom is -0.472 e. The molecule has 4 nitrogen and oxygen atoms in total. The van der Waals surface area contributed by atoms with Crippen molar-refractivity contribution in [1.82, 2.24) is 4.98 Å². The Balaban J connectivity index is 2.09. The van der Waals surface area contributed by atoms with Crippen LogP contribution in [0.3, 0.4) is 0 Å². The highest BCUT2D eigenvalue weighted by atomic mass is 16.3. The molecule has 4 heteroatoms. The second-order valence-electron chi connectivity index (χ2n) is 3.95. The molecule has 0 aliphatic carbocycles. The van der Waals surface area contributed by atoms with Crippen molar-refractivity contribution < 1.29 is 9.21 Å². The summed E-state index contributed by atoms with van der Waals surface area (Å²) in [5, 5.41) is 0. The fourth-order valence-corrected chi connectivity index (χ4v) is 1.56. The zero-order chi connectivity index (χ0) is 12.3. The van der Waals surface area contributed by atoms with Crippen molar-refractivity contribution in [2.45, 2.75) is 13.5 Å². The number of furan rings is 1. The Morgan fingerprint density at radius 2 is 2.24 bits per heavy atom. The largest absolute Gasteiger partial charge is 0.472 e. The van der Waals surface area contributed by atoms with Crippen LogP contribution in [-0.4, -0.2) is 17.8 Å². The molecule has 2 heterocycles. The first-order valence-corrected chi connectivity index (χ1v) is 5.36. The van der Waals surface area contributed by atoms with Crippen LogP contribution in [0.4, 0.5) is 5.82 Å². The van der Waals surface area contributed by atoms with Gasteiger partial charge >= 0.3 is 0 Å². The quantitative estimate of drug-likeness (QED) is 0.757. The van der Waals surface area contributed by atoms with Gasteiger partial charge in [-0.05, 0) is 25.1 Å². The third kappa shape index (κ3) is 2.72. The number of Topliss-reactive ketones (excluding diaryl/α,β-unsaturated/α-hetero) is 1. The smallest absolute Gasteiger partial charge is 0.161 e. The van der Waals surface area contributed by atoms with Crippen molar-refractivity contribution >= 4 is 11.6 Å². The number of carbonyl (C=O) groups excluding carboxylic acids is 1. The average molecular weight is 230 g/mol. The number of nitrogens with zero attached hydrogens (tertiary/aromatic N) is 2. The molecule has 0 aliphatic heterocycles. The van der Waals surface area contributed by atoms with E-state index in [9.17, 15) is 4.79 Å². The number of hydrogen-bond donors (Lipinski definition) is 0. The molecule has 0 unspecified atom stereocenters. The highest BCUT2D eigenvalue weighted by Gasteiger charge is 2.05. The molecular weight excluding hydrogens is 216 g/mol. The second kappa shape index (κ2) is 4.82. The van der Waals surface area contributed by atoms with Crippen LogP contribution < -0.4 is 4.90 Å². The van der Waals surface area contributed by atoms with Gasteiger partial charge in [-0.1, -0.05) is 0 Å². The molecule has 0 spiro atoms. The first-order chi connectivity index (χ1) is 8.16. The number of anilines is 1. The van der Waals surface area contributed by atoms with Crippen LogP contribution in [0, 0.1) is 0 Å². The summed E-state index contributed by atoms with van der Waals surface area (Å²) in [6, 6.07) is 5.55. The zero-order valence-electron chi connectivity index (χ0n) is 9.88. The highest BCUT2D eigenvalue weighted by Crippen LogP contribution is 2.13. The molecule has 0 N–H and O–H groups in total. The molecule has 0 aromatic carbocycles. The van der Waals surface area contributed by atoms with Crippen LogP contribution in [0.25, 0.3) is 0 Å². The standard InChI is InChI=1S/C13H14N2O2/c1-10(16)12-3-4-13(14-7-12)15(2)8-11-5-6-17-9-11/h3-7,9H,8H2,1-2H3. The fourth-order valence-electron chi connectivity index (χ4n) is 1.56. The molecule has 0 atom stereocenters. The van der Waals surface area contributed by atoms with Gasteiger partial charge in [-0.15, -0.1) is 0 Å².